The van der Waals surface area contributed by atoms with Crippen LogP contribution in [0.1, 0.15) is 19.4 Å². The monoisotopic (exact) mass is 224 g/mol. The summed E-state index contributed by atoms with van der Waals surface area (Å²) in [6, 6.07) is 2.05. The van der Waals surface area contributed by atoms with Gasteiger partial charge in [-0.2, -0.15) is 5.26 Å². The van der Waals surface area contributed by atoms with E-state index in [-0.39, 0.29) is 5.15 Å². The van der Waals surface area contributed by atoms with E-state index in [1.807, 2.05) is 13.8 Å². The number of rotatable bonds is 4. The summed E-state index contributed by atoms with van der Waals surface area (Å²) >= 11 is 5.84. The second-order valence-corrected chi connectivity index (χ2v) is 3.24. The predicted molar refractivity (Wildman–Crippen MR) is 62.3 cm³/mol. The molecule has 0 spiro atoms. The van der Waals surface area contributed by atoms with Gasteiger partial charge in [0, 0.05) is 13.1 Å². The van der Waals surface area contributed by atoms with Crippen LogP contribution in [0, 0.1) is 11.3 Å². The Hall–Kier alpha value is -1.47. The van der Waals surface area contributed by atoms with E-state index in [1.165, 1.54) is 0 Å². The molecule has 0 fully saturated rings. The van der Waals surface area contributed by atoms with Crippen molar-refractivity contribution in [3.63, 3.8) is 0 Å². The fourth-order valence-corrected chi connectivity index (χ4v) is 1.46. The highest BCUT2D eigenvalue weighted by Gasteiger charge is 2.12. The number of anilines is 2. The first-order valence-electron chi connectivity index (χ1n) is 4.80. The SMILES string of the molecule is CCNc1cnc(Cl)c(C#N)c1NCC. The molecule has 0 bridgehead atoms. The van der Waals surface area contributed by atoms with Crippen LogP contribution >= 0.6 is 11.6 Å². The molecule has 0 aliphatic heterocycles. The van der Waals surface area contributed by atoms with Crippen LogP contribution in [0.25, 0.3) is 0 Å². The maximum Gasteiger partial charge on any atom is 0.149 e. The van der Waals surface area contributed by atoms with Gasteiger partial charge in [0.2, 0.25) is 0 Å². The second-order valence-electron chi connectivity index (χ2n) is 2.89. The van der Waals surface area contributed by atoms with Gasteiger partial charge in [-0.1, -0.05) is 11.6 Å². The van der Waals surface area contributed by atoms with Crippen molar-refractivity contribution in [1.29, 1.82) is 5.26 Å². The minimum absolute atomic E-state index is 0.232. The Morgan fingerprint density at radius 3 is 2.60 bits per heavy atom. The van der Waals surface area contributed by atoms with Crippen molar-refractivity contribution in [3.05, 3.63) is 16.9 Å². The van der Waals surface area contributed by atoms with Gasteiger partial charge in [0.1, 0.15) is 16.8 Å². The lowest BCUT2D eigenvalue weighted by Crippen LogP contribution is -2.07. The van der Waals surface area contributed by atoms with Crippen molar-refractivity contribution in [2.75, 3.05) is 23.7 Å². The van der Waals surface area contributed by atoms with Gasteiger partial charge in [-0.05, 0) is 13.8 Å². The fraction of sp³-hybridized carbons (Fsp3) is 0.400. The number of nitriles is 1. The van der Waals surface area contributed by atoms with E-state index >= 15 is 0 Å². The molecule has 5 heteroatoms. The van der Waals surface area contributed by atoms with E-state index in [4.69, 9.17) is 16.9 Å². The van der Waals surface area contributed by atoms with Crippen LogP contribution in [0.5, 0.6) is 0 Å². The number of nitrogens with zero attached hydrogens (tertiary/aromatic N) is 2. The second kappa shape index (κ2) is 5.42. The topological polar surface area (TPSA) is 60.7 Å². The third kappa shape index (κ3) is 2.51. The average Bonchev–Trinajstić information content (AvgIpc) is 2.23. The molecule has 4 nitrogen and oxygen atoms in total. The molecule has 1 aromatic rings. The summed E-state index contributed by atoms with van der Waals surface area (Å²) in [4.78, 5) is 3.95. The van der Waals surface area contributed by atoms with E-state index in [9.17, 15) is 0 Å². The average molecular weight is 225 g/mol. The van der Waals surface area contributed by atoms with Crippen LogP contribution in [0.3, 0.4) is 0 Å². The summed E-state index contributed by atoms with van der Waals surface area (Å²) in [5.74, 6) is 0. The first-order chi connectivity index (χ1) is 7.24. The highest BCUT2D eigenvalue weighted by atomic mass is 35.5. The molecule has 1 rings (SSSR count). The molecule has 15 heavy (non-hydrogen) atoms. The predicted octanol–water partition coefficient (Wildman–Crippen LogP) is 2.47. The molecule has 0 unspecified atom stereocenters. The molecule has 0 aliphatic carbocycles. The first-order valence-corrected chi connectivity index (χ1v) is 5.18. The molecule has 0 radical (unpaired) electrons. The minimum Gasteiger partial charge on any atom is -0.382 e. The Balaban J connectivity index is 3.23. The molecule has 0 aromatic carbocycles. The third-order valence-corrected chi connectivity index (χ3v) is 2.15. The molecule has 1 heterocycles. The molecular formula is C10H13ClN4. The van der Waals surface area contributed by atoms with Crippen molar-refractivity contribution in [2.45, 2.75) is 13.8 Å². The van der Waals surface area contributed by atoms with Crippen molar-refractivity contribution in [3.8, 4) is 6.07 Å². The summed E-state index contributed by atoms with van der Waals surface area (Å²) < 4.78 is 0. The Morgan fingerprint density at radius 2 is 2.07 bits per heavy atom. The zero-order chi connectivity index (χ0) is 11.3. The van der Waals surface area contributed by atoms with Gasteiger partial charge in [0.05, 0.1) is 17.6 Å². The van der Waals surface area contributed by atoms with Crippen molar-refractivity contribution in [2.24, 2.45) is 0 Å². The summed E-state index contributed by atoms with van der Waals surface area (Å²) in [7, 11) is 0. The molecule has 0 amide bonds. The van der Waals surface area contributed by atoms with E-state index < -0.39 is 0 Å². The van der Waals surface area contributed by atoms with Gasteiger partial charge in [-0.25, -0.2) is 4.98 Å². The van der Waals surface area contributed by atoms with Gasteiger partial charge in [0.15, 0.2) is 0 Å². The minimum atomic E-state index is 0.232. The van der Waals surface area contributed by atoms with Gasteiger partial charge >= 0.3 is 0 Å². The number of aromatic nitrogens is 1. The Morgan fingerprint density at radius 1 is 1.40 bits per heavy atom. The van der Waals surface area contributed by atoms with Crippen LogP contribution in [-0.4, -0.2) is 18.1 Å². The standard InChI is InChI=1S/C10H13ClN4/c1-3-13-8-6-15-10(11)7(5-12)9(8)14-4-2/h6,13H,3-4H2,1-2H3,(H,14,15). The number of halogens is 1. The first kappa shape index (κ1) is 11.6. The summed E-state index contributed by atoms with van der Waals surface area (Å²) in [5.41, 5.74) is 1.92. The van der Waals surface area contributed by atoms with E-state index in [0.717, 1.165) is 24.5 Å². The molecule has 80 valence electrons. The summed E-state index contributed by atoms with van der Waals surface area (Å²) in [6.45, 7) is 5.45. The number of hydrogen-bond donors (Lipinski definition) is 2. The fourth-order valence-electron chi connectivity index (χ4n) is 1.28. The van der Waals surface area contributed by atoms with Crippen LogP contribution in [0.15, 0.2) is 6.20 Å². The molecule has 0 atom stereocenters. The van der Waals surface area contributed by atoms with E-state index in [0.29, 0.717) is 5.56 Å². The molecule has 0 aliphatic rings. The lowest BCUT2D eigenvalue weighted by molar-refractivity contribution is 1.15. The van der Waals surface area contributed by atoms with Crippen LogP contribution in [0.2, 0.25) is 5.15 Å². The summed E-state index contributed by atoms with van der Waals surface area (Å²) in [6.07, 6.45) is 1.63. The number of pyridine rings is 1. The van der Waals surface area contributed by atoms with Gasteiger partial charge in [-0.15, -0.1) is 0 Å². The largest absolute Gasteiger partial charge is 0.382 e. The maximum atomic E-state index is 8.98. The van der Waals surface area contributed by atoms with Crippen LogP contribution < -0.4 is 10.6 Å². The smallest absolute Gasteiger partial charge is 0.149 e. The van der Waals surface area contributed by atoms with Crippen molar-refractivity contribution < 1.29 is 0 Å². The van der Waals surface area contributed by atoms with Crippen LogP contribution in [-0.2, 0) is 0 Å². The van der Waals surface area contributed by atoms with E-state index in [1.54, 1.807) is 6.20 Å². The summed E-state index contributed by atoms with van der Waals surface area (Å²) in [5, 5.41) is 15.4. The normalized spacial score (nSPS) is 9.47. The Labute approximate surface area is 94.3 Å². The lowest BCUT2D eigenvalue weighted by Gasteiger charge is -2.13. The lowest BCUT2D eigenvalue weighted by atomic mass is 10.2. The molecule has 2 N–H and O–H groups in total. The Kier molecular flexibility index (Phi) is 4.19. The number of hydrogen-bond acceptors (Lipinski definition) is 4. The van der Waals surface area contributed by atoms with Crippen molar-refractivity contribution in [1.82, 2.24) is 4.98 Å². The maximum absolute atomic E-state index is 8.98. The zero-order valence-electron chi connectivity index (χ0n) is 8.76. The molecule has 1 aromatic heterocycles. The quantitative estimate of drug-likeness (QED) is 0.772. The number of nitrogens with one attached hydrogen (secondary N) is 2. The molecular weight excluding hydrogens is 212 g/mol. The van der Waals surface area contributed by atoms with Crippen molar-refractivity contribution >= 4 is 23.0 Å². The molecule has 0 saturated carbocycles. The zero-order valence-corrected chi connectivity index (χ0v) is 9.52. The highest BCUT2D eigenvalue weighted by Crippen LogP contribution is 2.29. The van der Waals surface area contributed by atoms with E-state index in [2.05, 4.69) is 21.7 Å². The van der Waals surface area contributed by atoms with Crippen LogP contribution in [0.4, 0.5) is 11.4 Å². The van der Waals surface area contributed by atoms with Gasteiger partial charge < -0.3 is 10.6 Å². The van der Waals surface area contributed by atoms with Gasteiger partial charge in [-0.3, -0.25) is 0 Å². The molecule has 0 saturated heterocycles. The highest BCUT2D eigenvalue weighted by molar-refractivity contribution is 6.31. The Bertz CT molecular complexity index is 384. The van der Waals surface area contributed by atoms with Gasteiger partial charge in [0.25, 0.3) is 0 Å². The third-order valence-electron chi connectivity index (χ3n) is 1.87.